The third kappa shape index (κ3) is 3.72. The Hall–Kier alpha value is -1.98. The van der Waals surface area contributed by atoms with Crippen LogP contribution in [0.4, 0.5) is 0 Å². The van der Waals surface area contributed by atoms with Gasteiger partial charge in [-0.15, -0.1) is 0 Å². The van der Waals surface area contributed by atoms with Gasteiger partial charge < -0.3 is 10.1 Å². The van der Waals surface area contributed by atoms with Crippen LogP contribution in [0.3, 0.4) is 0 Å². The van der Waals surface area contributed by atoms with E-state index in [1.54, 1.807) is 6.92 Å². The van der Waals surface area contributed by atoms with E-state index in [1.165, 1.54) is 18.7 Å². The van der Waals surface area contributed by atoms with E-state index in [0.717, 1.165) is 0 Å². The minimum Gasteiger partial charge on any atom is -0.465 e. The molecule has 1 N–H and O–H groups in total. The van der Waals surface area contributed by atoms with E-state index in [2.05, 4.69) is 20.0 Å². The summed E-state index contributed by atoms with van der Waals surface area (Å²) in [7, 11) is 0. The van der Waals surface area contributed by atoms with Crippen LogP contribution in [0.15, 0.2) is 18.7 Å². The molecule has 1 amide bonds. The van der Waals surface area contributed by atoms with E-state index in [4.69, 9.17) is 0 Å². The van der Waals surface area contributed by atoms with Crippen LogP contribution in [0.5, 0.6) is 0 Å². The first-order valence-electron chi connectivity index (χ1n) is 4.43. The molecule has 0 aromatic carbocycles. The number of hydrogen-bond acceptors (Lipinski definition) is 5. The number of nitrogens with zero attached hydrogens (tertiary/aromatic N) is 2. The van der Waals surface area contributed by atoms with Crippen molar-refractivity contribution in [1.82, 2.24) is 15.3 Å². The molecular formula is C9H11N3O3. The number of esters is 1. The zero-order valence-electron chi connectivity index (χ0n) is 8.27. The highest BCUT2D eigenvalue weighted by Crippen LogP contribution is 1.91. The number of rotatable bonds is 4. The minimum absolute atomic E-state index is 0.151. The van der Waals surface area contributed by atoms with Crippen molar-refractivity contribution in [1.29, 1.82) is 0 Å². The molecule has 0 saturated carbocycles. The maximum atomic E-state index is 11.4. The summed E-state index contributed by atoms with van der Waals surface area (Å²) in [6, 6.07) is 0. The molecule has 0 atom stereocenters. The van der Waals surface area contributed by atoms with Gasteiger partial charge in [-0.1, -0.05) is 0 Å². The maximum Gasteiger partial charge on any atom is 0.325 e. The van der Waals surface area contributed by atoms with E-state index < -0.39 is 11.9 Å². The van der Waals surface area contributed by atoms with Crippen LogP contribution in [0.25, 0.3) is 0 Å². The molecule has 1 aromatic heterocycles. The van der Waals surface area contributed by atoms with E-state index >= 15 is 0 Å². The molecule has 6 nitrogen and oxygen atoms in total. The Labute approximate surface area is 86.7 Å². The molecule has 0 spiro atoms. The van der Waals surface area contributed by atoms with Crippen molar-refractivity contribution in [2.75, 3.05) is 13.2 Å². The summed E-state index contributed by atoms with van der Waals surface area (Å²) in [6.07, 6.45) is 4.06. The maximum absolute atomic E-state index is 11.4. The van der Waals surface area contributed by atoms with Crippen LogP contribution >= 0.6 is 0 Å². The lowest BCUT2D eigenvalue weighted by atomic mass is 10.3. The number of carbonyl (C=O) groups excluding carboxylic acids is 2. The highest BCUT2D eigenvalue weighted by atomic mass is 16.5. The Kier molecular flexibility index (Phi) is 4.21. The molecule has 0 aliphatic carbocycles. The molecule has 1 rings (SSSR count). The van der Waals surface area contributed by atoms with Crippen molar-refractivity contribution in [2.24, 2.45) is 0 Å². The molecule has 1 heterocycles. The van der Waals surface area contributed by atoms with Gasteiger partial charge in [0.05, 0.1) is 12.2 Å². The van der Waals surface area contributed by atoms with Gasteiger partial charge in [0.1, 0.15) is 12.9 Å². The monoisotopic (exact) mass is 209 g/mol. The Morgan fingerprint density at radius 1 is 1.40 bits per heavy atom. The van der Waals surface area contributed by atoms with Crippen LogP contribution in [-0.2, 0) is 9.53 Å². The molecule has 0 saturated heterocycles. The molecule has 0 aliphatic heterocycles. The molecule has 0 fully saturated rings. The first kappa shape index (κ1) is 11.1. The van der Waals surface area contributed by atoms with E-state index in [1.807, 2.05) is 0 Å². The fraction of sp³-hybridized carbons (Fsp3) is 0.333. The first-order chi connectivity index (χ1) is 7.24. The Morgan fingerprint density at radius 2 is 2.07 bits per heavy atom. The van der Waals surface area contributed by atoms with Crippen LogP contribution in [-0.4, -0.2) is 35.0 Å². The number of carbonyl (C=O) groups is 2. The standard InChI is InChI=1S/C9H11N3O3/c1-2-15-8(13)5-12-9(14)7-3-10-6-11-4-7/h3-4,6H,2,5H2,1H3,(H,12,14). The largest absolute Gasteiger partial charge is 0.465 e. The van der Waals surface area contributed by atoms with Crippen molar-refractivity contribution in [2.45, 2.75) is 6.92 Å². The third-order valence-electron chi connectivity index (χ3n) is 1.52. The summed E-state index contributed by atoms with van der Waals surface area (Å²) < 4.78 is 4.64. The summed E-state index contributed by atoms with van der Waals surface area (Å²) in [6.45, 7) is 1.84. The molecule has 15 heavy (non-hydrogen) atoms. The van der Waals surface area contributed by atoms with Gasteiger partial charge in [0.15, 0.2) is 0 Å². The molecule has 0 unspecified atom stereocenters. The fourth-order valence-electron chi connectivity index (χ4n) is 0.883. The number of ether oxygens (including phenoxy) is 1. The first-order valence-corrected chi connectivity index (χ1v) is 4.43. The lowest BCUT2D eigenvalue weighted by Gasteiger charge is -2.03. The van der Waals surface area contributed by atoms with Crippen molar-refractivity contribution in [3.63, 3.8) is 0 Å². The number of aromatic nitrogens is 2. The van der Waals surface area contributed by atoms with E-state index in [-0.39, 0.29) is 6.54 Å². The fourth-order valence-corrected chi connectivity index (χ4v) is 0.883. The van der Waals surface area contributed by atoms with Crippen LogP contribution in [0.2, 0.25) is 0 Å². The summed E-state index contributed by atoms with van der Waals surface area (Å²) in [5.74, 6) is -0.869. The van der Waals surface area contributed by atoms with Gasteiger partial charge in [0.25, 0.3) is 5.91 Å². The normalized spacial score (nSPS) is 9.40. The van der Waals surface area contributed by atoms with Crippen molar-refractivity contribution >= 4 is 11.9 Å². The van der Waals surface area contributed by atoms with Gasteiger partial charge in [-0.05, 0) is 6.92 Å². The lowest BCUT2D eigenvalue weighted by Crippen LogP contribution is -2.30. The van der Waals surface area contributed by atoms with Gasteiger partial charge >= 0.3 is 5.97 Å². The summed E-state index contributed by atoms with van der Waals surface area (Å²) >= 11 is 0. The van der Waals surface area contributed by atoms with Crippen molar-refractivity contribution in [3.8, 4) is 0 Å². The SMILES string of the molecule is CCOC(=O)CNC(=O)c1cncnc1. The van der Waals surface area contributed by atoms with Crippen LogP contribution < -0.4 is 5.32 Å². The number of amides is 1. The number of nitrogens with one attached hydrogen (secondary N) is 1. The second-order valence-electron chi connectivity index (χ2n) is 2.61. The Bertz CT molecular complexity index is 340. The molecule has 0 bridgehead atoms. The van der Waals surface area contributed by atoms with Crippen molar-refractivity contribution in [3.05, 3.63) is 24.3 Å². The highest BCUT2D eigenvalue weighted by molar-refractivity contribution is 5.95. The molecule has 80 valence electrons. The smallest absolute Gasteiger partial charge is 0.325 e. The number of hydrogen-bond donors (Lipinski definition) is 1. The van der Waals surface area contributed by atoms with E-state index in [0.29, 0.717) is 12.2 Å². The summed E-state index contributed by atoms with van der Waals surface area (Å²) in [4.78, 5) is 29.6. The topological polar surface area (TPSA) is 81.2 Å². The predicted molar refractivity (Wildman–Crippen MR) is 51.0 cm³/mol. The van der Waals surface area contributed by atoms with Gasteiger partial charge in [-0.3, -0.25) is 9.59 Å². The average Bonchev–Trinajstić information content (AvgIpc) is 2.27. The van der Waals surface area contributed by atoms with E-state index in [9.17, 15) is 9.59 Å². The summed E-state index contributed by atoms with van der Waals surface area (Å²) in [5, 5.41) is 2.39. The van der Waals surface area contributed by atoms with Crippen molar-refractivity contribution < 1.29 is 14.3 Å². The molecule has 0 aliphatic rings. The second-order valence-corrected chi connectivity index (χ2v) is 2.61. The molecule has 1 aromatic rings. The van der Waals surface area contributed by atoms with Gasteiger partial charge in [-0.2, -0.15) is 0 Å². The van der Waals surface area contributed by atoms with Gasteiger partial charge in [0.2, 0.25) is 0 Å². The van der Waals surface area contributed by atoms with Gasteiger partial charge in [0, 0.05) is 12.4 Å². The quantitative estimate of drug-likeness (QED) is 0.693. The molecule has 0 radical (unpaired) electrons. The lowest BCUT2D eigenvalue weighted by molar-refractivity contribution is -0.141. The van der Waals surface area contributed by atoms with Crippen LogP contribution in [0, 0.1) is 0 Å². The van der Waals surface area contributed by atoms with Gasteiger partial charge in [-0.25, -0.2) is 9.97 Å². The Morgan fingerprint density at radius 3 is 2.67 bits per heavy atom. The average molecular weight is 209 g/mol. The zero-order valence-corrected chi connectivity index (χ0v) is 8.27. The predicted octanol–water partition coefficient (Wildman–Crippen LogP) is -0.231. The molecule has 6 heteroatoms. The third-order valence-corrected chi connectivity index (χ3v) is 1.52. The zero-order chi connectivity index (χ0) is 11.1. The minimum atomic E-state index is -0.470. The Balaban J connectivity index is 2.40. The molecular weight excluding hydrogens is 198 g/mol. The summed E-state index contributed by atoms with van der Waals surface area (Å²) in [5.41, 5.74) is 0.307. The second kappa shape index (κ2) is 5.69. The highest BCUT2D eigenvalue weighted by Gasteiger charge is 2.08. The van der Waals surface area contributed by atoms with Crippen LogP contribution in [0.1, 0.15) is 17.3 Å².